The van der Waals surface area contributed by atoms with E-state index in [2.05, 4.69) is 5.43 Å². The Morgan fingerprint density at radius 2 is 1.68 bits per heavy atom. The average Bonchev–Trinajstić information content (AvgIpc) is 2.52. The molecule has 0 bridgehead atoms. The summed E-state index contributed by atoms with van der Waals surface area (Å²) in [4.78, 5) is 13.3. The Morgan fingerprint density at radius 1 is 1.04 bits per heavy atom. The monoisotopic (exact) mass is 402 g/mol. The van der Waals surface area contributed by atoms with Gasteiger partial charge in [-0.25, -0.2) is 16.8 Å². The summed E-state index contributed by atoms with van der Waals surface area (Å²) < 4.78 is 47.9. The smallest absolute Gasteiger partial charge is 0.266 e. The minimum Gasteiger partial charge on any atom is -0.273 e. The van der Waals surface area contributed by atoms with Crippen molar-refractivity contribution in [3.8, 4) is 0 Å². The van der Waals surface area contributed by atoms with Crippen molar-refractivity contribution < 1.29 is 21.6 Å². The first kappa shape index (κ1) is 19.4. The van der Waals surface area contributed by atoms with E-state index in [4.69, 9.17) is 11.6 Å². The highest BCUT2D eigenvalue weighted by atomic mass is 35.5. The van der Waals surface area contributed by atoms with Crippen LogP contribution in [0.3, 0.4) is 0 Å². The van der Waals surface area contributed by atoms with Crippen LogP contribution in [0.2, 0.25) is 5.02 Å². The average molecular weight is 403 g/mol. The quantitative estimate of drug-likeness (QED) is 0.739. The highest BCUT2D eigenvalue weighted by Crippen LogP contribution is 2.24. The van der Waals surface area contributed by atoms with E-state index < -0.39 is 30.7 Å². The Morgan fingerprint density at radius 3 is 2.28 bits per heavy atom. The normalized spacial score (nSPS) is 12.0. The van der Waals surface area contributed by atoms with Crippen molar-refractivity contribution in [1.82, 2.24) is 10.3 Å². The highest BCUT2D eigenvalue weighted by molar-refractivity contribution is 7.91. The molecule has 0 saturated carbocycles. The molecule has 0 aliphatic rings. The number of carbonyl (C=O) groups excluding carboxylic acids is 1. The van der Waals surface area contributed by atoms with Gasteiger partial charge in [0.15, 0.2) is 9.84 Å². The molecule has 10 heteroatoms. The van der Waals surface area contributed by atoms with E-state index in [0.29, 0.717) is 11.1 Å². The molecule has 2 N–H and O–H groups in total. The third-order valence-corrected chi connectivity index (χ3v) is 6.15. The van der Waals surface area contributed by atoms with Crippen molar-refractivity contribution in [2.45, 2.75) is 16.7 Å². The Hall–Kier alpha value is -1.94. The van der Waals surface area contributed by atoms with Crippen molar-refractivity contribution in [2.75, 3.05) is 6.26 Å². The summed E-state index contributed by atoms with van der Waals surface area (Å²) in [5, 5.41) is -0.176. The second kappa shape index (κ2) is 7.12. The number of aryl methyl sites for hydroxylation is 1. The van der Waals surface area contributed by atoms with E-state index in [9.17, 15) is 21.6 Å². The number of rotatable bonds is 5. The van der Waals surface area contributed by atoms with Gasteiger partial charge in [-0.2, -0.15) is 0 Å². The second-order valence-corrected chi connectivity index (χ2v) is 9.31. The Labute approximate surface area is 151 Å². The van der Waals surface area contributed by atoms with Crippen LogP contribution in [0.15, 0.2) is 52.3 Å². The lowest BCUT2D eigenvalue weighted by Gasteiger charge is -2.11. The molecule has 134 valence electrons. The summed E-state index contributed by atoms with van der Waals surface area (Å²) >= 11 is 5.86. The molecule has 0 aliphatic heterocycles. The summed E-state index contributed by atoms with van der Waals surface area (Å²) in [6.07, 6.45) is 0.944. The molecule has 0 spiro atoms. The first-order chi connectivity index (χ1) is 11.5. The van der Waals surface area contributed by atoms with Crippen LogP contribution in [0.25, 0.3) is 0 Å². The maximum atomic E-state index is 12.3. The van der Waals surface area contributed by atoms with E-state index in [1.807, 2.05) is 4.83 Å². The SMILES string of the molecule is Cc1ccccc1C(=O)NNS(=O)(=O)c1cc(S(C)(=O)=O)ccc1Cl. The van der Waals surface area contributed by atoms with Gasteiger partial charge in [-0.1, -0.05) is 29.8 Å². The number of hydrazine groups is 1. The molecule has 0 radical (unpaired) electrons. The zero-order valence-corrected chi connectivity index (χ0v) is 15.7. The van der Waals surface area contributed by atoms with Crippen LogP contribution in [0, 0.1) is 6.92 Å². The number of sulfonamides is 1. The van der Waals surface area contributed by atoms with Gasteiger partial charge in [0.25, 0.3) is 15.9 Å². The topological polar surface area (TPSA) is 109 Å². The van der Waals surface area contributed by atoms with Gasteiger partial charge in [0.1, 0.15) is 4.90 Å². The lowest BCUT2D eigenvalue weighted by molar-refractivity contribution is 0.0944. The maximum Gasteiger partial charge on any atom is 0.266 e. The molecule has 0 saturated heterocycles. The van der Waals surface area contributed by atoms with Gasteiger partial charge < -0.3 is 0 Å². The zero-order chi connectivity index (χ0) is 18.8. The van der Waals surface area contributed by atoms with Gasteiger partial charge in [-0.05, 0) is 36.8 Å². The highest BCUT2D eigenvalue weighted by Gasteiger charge is 2.22. The number of hydrogen-bond acceptors (Lipinski definition) is 5. The van der Waals surface area contributed by atoms with Gasteiger partial charge >= 0.3 is 0 Å². The van der Waals surface area contributed by atoms with E-state index in [1.165, 1.54) is 12.1 Å². The predicted octanol–water partition coefficient (Wildman–Crippen LogP) is 1.68. The molecule has 1 amide bonds. The van der Waals surface area contributed by atoms with Crippen LogP contribution in [0.4, 0.5) is 0 Å². The van der Waals surface area contributed by atoms with Crippen LogP contribution in [-0.4, -0.2) is 29.0 Å². The van der Waals surface area contributed by atoms with Crippen molar-refractivity contribution in [2.24, 2.45) is 0 Å². The summed E-state index contributed by atoms with van der Waals surface area (Å²) in [6, 6.07) is 9.92. The number of carbonyl (C=O) groups is 1. The number of nitrogens with one attached hydrogen (secondary N) is 2. The Balaban J connectivity index is 2.28. The molecule has 2 aromatic carbocycles. The minimum absolute atomic E-state index is 0.176. The van der Waals surface area contributed by atoms with Gasteiger partial charge in [-0.15, -0.1) is 4.83 Å². The molecule has 2 aromatic rings. The first-order valence-corrected chi connectivity index (χ1v) is 10.6. The largest absolute Gasteiger partial charge is 0.273 e. The molecule has 0 aliphatic carbocycles. The molecule has 2 rings (SSSR count). The van der Waals surface area contributed by atoms with Gasteiger partial charge in [-0.3, -0.25) is 10.2 Å². The third-order valence-electron chi connectivity index (χ3n) is 3.31. The zero-order valence-electron chi connectivity index (χ0n) is 13.3. The number of benzene rings is 2. The van der Waals surface area contributed by atoms with E-state index in [-0.39, 0.29) is 9.92 Å². The molecular weight excluding hydrogens is 388 g/mol. The number of halogens is 1. The molecule has 0 atom stereocenters. The maximum absolute atomic E-state index is 12.3. The van der Waals surface area contributed by atoms with Crippen LogP contribution in [0.5, 0.6) is 0 Å². The molecule has 0 aromatic heterocycles. The summed E-state index contributed by atoms with van der Waals surface area (Å²) in [5.41, 5.74) is 3.03. The fraction of sp³-hybridized carbons (Fsp3) is 0.133. The minimum atomic E-state index is -4.27. The molecule has 0 fully saturated rings. The predicted molar refractivity (Wildman–Crippen MR) is 93.5 cm³/mol. The molecule has 0 unspecified atom stereocenters. The first-order valence-electron chi connectivity index (χ1n) is 6.90. The number of hydrogen-bond donors (Lipinski definition) is 2. The molecule has 7 nitrogen and oxygen atoms in total. The summed E-state index contributed by atoms with van der Waals surface area (Å²) in [7, 11) is -7.89. The second-order valence-electron chi connectivity index (χ2n) is 5.24. The van der Waals surface area contributed by atoms with E-state index in [1.54, 1.807) is 25.1 Å². The van der Waals surface area contributed by atoms with Gasteiger partial charge in [0, 0.05) is 11.8 Å². The summed E-state index contributed by atoms with van der Waals surface area (Å²) in [5.74, 6) is -0.655. The lowest BCUT2D eigenvalue weighted by atomic mass is 10.1. The van der Waals surface area contributed by atoms with Crippen molar-refractivity contribution >= 4 is 37.4 Å². The van der Waals surface area contributed by atoms with Crippen LogP contribution >= 0.6 is 11.6 Å². The van der Waals surface area contributed by atoms with Gasteiger partial charge in [0.2, 0.25) is 0 Å². The Bertz CT molecular complexity index is 1030. The van der Waals surface area contributed by atoms with Crippen LogP contribution in [0.1, 0.15) is 15.9 Å². The van der Waals surface area contributed by atoms with Crippen LogP contribution in [-0.2, 0) is 19.9 Å². The van der Waals surface area contributed by atoms with Crippen molar-refractivity contribution in [3.63, 3.8) is 0 Å². The number of amides is 1. The molecule has 0 heterocycles. The van der Waals surface area contributed by atoms with E-state index in [0.717, 1.165) is 18.4 Å². The standard InChI is InChI=1S/C15H15ClN2O5S2/c1-10-5-3-4-6-12(10)15(19)17-18-25(22,23)14-9-11(24(2,20)21)7-8-13(14)16/h3-9,18H,1-2H3,(H,17,19). The molecule has 25 heavy (non-hydrogen) atoms. The van der Waals surface area contributed by atoms with E-state index >= 15 is 0 Å². The van der Waals surface area contributed by atoms with Gasteiger partial charge in [0.05, 0.1) is 9.92 Å². The molecular formula is C15H15ClN2O5S2. The van der Waals surface area contributed by atoms with Crippen molar-refractivity contribution in [1.29, 1.82) is 0 Å². The fourth-order valence-electron chi connectivity index (χ4n) is 1.98. The number of sulfone groups is 1. The third kappa shape index (κ3) is 4.57. The van der Waals surface area contributed by atoms with Crippen molar-refractivity contribution in [3.05, 3.63) is 58.6 Å². The van der Waals surface area contributed by atoms with Crippen LogP contribution < -0.4 is 10.3 Å². The summed E-state index contributed by atoms with van der Waals surface area (Å²) in [6.45, 7) is 1.70. The Kier molecular flexibility index (Phi) is 5.52. The fourth-order valence-corrected chi connectivity index (χ4v) is 4.07. The lowest BCUT2D eigenvalue weighted by Crippen LogP contribution is -2.41.